The van der Waals surface area contributed by atoms with E-state index in [0.717, 1.165) is 11.3 Å². The zero-order chi connectivity index (χ0) is 19.5. The summed E-state index contributed by atoms with van der Waals surface area (Å²) in [6.45, 7) is 0.847. The van der Waals surface area contributed by atoms with Gasteiger partial charge in [-0.3, -0.25) is 9.59 Å². The number of benzene rings is 2. The second kappa shape index (κ2) is 11.2. The van der Waals surface area contributed by atoms with Crippen molar-refractivity contribution >= 4 is 29.1 Å². The van der Waals surface area contributed by atoms with E-state index in [2.05, 4.69) is 10.6 Å². The molecule has 0 atom stereocenters. The van der Waals surface area contributed by atoms with Crippen LogP contribution in [0.15, 0.2) is 48.5 Å². The summed E-state index contributed by atoms with van der Waals surface area (Å²) < 4.78 is 10.3. The molecule has 27 heavy (non-hydrogen) atoms. The molecular weight excluding hydrogens is 368 g/mol. The standard InChI is InChI=1S/C20H23ClN2O4/c1-26-14-20(25)23-17-5-2-4-15(12-17)13-22-19(24)6-3-11-27-18-9-7-16(21)8-10-18/h2,4-5,7-10,12H,3,6,11,13-14H2,1H3,(H,22,24)(H,23,25). The van der Waals surface area contributed by atoms with Crippen LogP contribution in [0.25, 0.3) is 0 Å². The maximum Gasteiger partial charge on any atom is 0.250 e. The second-order valence-electron chi connectivity index (χ2n) is 5.86. The molecule has 0 aromatic heterocycles. The topological polar surface area (TPSA) is 76.7 Å². The number of carbonyl (C=O) groups is 2. The molecular formula is C20H23ClN2O4. The highest BCUT2D eigenvalue weighted by Gasteiger charge is 2.05. The summed E-state index contributed by atoms with van der Waals surface area (Å²) in [4.78, 5) is 23.5. The highest BCUT2D eigenvalue weighted by atomic mass is 35.5. The number of amides is 2. The van der Waals surface area contributed by atoms with Crippen molar-refractivity contribution in [3.05, 3.63) is 59.1 Å². The molecule has 0 bridgehead atoms. The molecule has 2 amide bonds. The summed E-state index contributed by atoms with van der Waals surface area (Å²) >= 11 is 5.81. The van der Waals surface area contributed by atoms with E-state index in [9.17, 15) is 9.59 Å². The van der Waals surface area contributed by atoms with Gasteiger partial charge >= 0.3 is 0 Å². The molecule has 2 aromatic carbocycles. The molecule has 0 aliphatic rings. The molecule has 0 spiro atoms. The molecule has 144 valence electrons. The zero-order valence-corrected chi connectivity index (χ0v) is 15.9. The van der Waals surface area contributed by atoms with Crippen LogP contribution in [0.1, 0.15) is 18.4 Å². The van der Waals surface area contributed by atoms with E-state index in [1.165, 1.54) is 7.11 Å². The van der Waals surface area contributed by atoms with Crippen molar-refractivity contribution in [2.24, 2.45) is 0 Å². The van der Waals surface area contributed by atoms with Gasteiger partial charge in [-0.1, -0.05) is 23.7 Å². The van der Waals surface area contributed by atoms with Gasteiger partial charge in [0.15, 0.2) is 0 Å². The summed E-state index contributed by atoms with van der Waals surface area (Å²) in [6.07, 6.45) is 0.986. The van der Waals surface area contributed by atoms with Crippen molar-refractivity contribution in [1.29, 1.82) is 0 Å². The van der Waals surface area contributed by atoms with E-state index in [-0.39, 0.29) is 18.4 Å². The van der Waals surface area contributed by atoms with Crippen LogP contribution in [0.5, 0.6) is 5.75 Å². The van der Waals surface area contributed by atoms with E-state index in [1.54, 1.807) is 30.3 Å². The number of halogens is 1. The van der Waals surface area contributed by atoms with E-state index < -0.39 is 0 Å². The second-order valence-corrected chi connectivity index (χ2v) is 6.30. The maximum absolute atomic E-state index is 11.9. The average Bonchev–Trinajstić information content (AvgIpc) is 2.65. The van der Waals surface area contributed by atoms with Crippen LogP contribution in [0.4, 0.5) is 5.69 Å². The van der Waals surface area contributed by atoms with Crippen molar-refractivity contribution < 1.29 is 19.1 Å². The van der Waals surface area contributed by atoms with E-state index >= 15 is 0 Å². The highest BCUT2D eigenvalue weighted by molar-refractivity contribution is 6.30. The molecule has 2 aromatic rings. The van der Waals surface area contributed by atoms with Gasteiger partial charge in [-0.05, 0) is 48.4 Å². The lowest BCUT2D eigenvalue weighted by Gasteiger charge is -2.09. The molecule has 0 aliphatic carbocycles. The van der Waals surface area contributed by atoms with Gasteiger partial charge < -0.3 is 20.1 Å². The predicted octanol–water partition coefficient (Wildman–Crippen LogP) is 3.40. The molecule has 0 saturated heterocycles. The first-order valence-electron chi connectivity index (χ1n) is 8.59. The van der Waals surface area contributed by atoms with Gasteiger partial charge in [0.05, 0.1) is 6.61 Å². The van der Waals surface area contributed by atoms with Crippen molar-refractivity contribution in [1.82, 2.24) is 5.32 Å². The first-order valence-corrected chi connectivity index (χ1v) is 8.97. The largest absolute Gasteiger partial charge is 0.494 e. The van der Waals surface area contributed by atoms with Crippen LogP contribution in [-0.4, -0.2) is 32.1 Å². The van der Waals surface area contributed by atoms with E-state index in [1.807, 2.05) is 18.2 Å². The maximum atomic E-state index is 11.9. The lowest BCUT2D eigenvalue weighted by molar-refractivity contribution is -0.121. The minimum absolute atomic E-state index is 0.000937. The highest BCUT2D eigenvalue weighted by Crippen LogP contribution is 2.15. The molecule has 2 rings (SSSR count). The normalized spacial score (nSPS) is 10.3. The number of rotatable bonds is 10. The number of carbonyl (C=O) groups excluding carboxylic acids is 2. The Balaban J connectivity index is 1.67. The van der Waals surface area contributed by atoms with Crippen LogP contribution < -0.4 is 15.4 Å². The number of hydrogen-bond donors (Lipinski definition) is 2. The fourth-order valence-corrected chi connectivity index (χ4v) is 2.46. The molecule has 0 aliphatic heterocycles. The van der Waals surface area contributed by atoms with Gasteiger partial charge in [0.25, 0.3) is 0 Å². The van der Waals surface area contributed by atoms with Crippen molar-refractivity contribution in [2.75, 3.05) is 25.6 Å². The molecule has 7 heteroatoms. The number of methoxy groups -OCH3 is 1. The Morgan fingerprint density at radius 3 is 2.59 bits per heavy atom. The molecule has 0 heterocycles. The van der Waals surface area contributed by atoms with Crippen LogP contribution >= 0.6 is 11.6 Å². The third-order valence-electron chi connectivity index (χ3n) is 3.61. The summed E-state index contributed by atoms with van der Waals surface area (Å²) in [5, 5.41) is 6.25. The van der Waals surface area contributed by atoms with E-state index in [4.69, 9.17) is 21.1 Å². The van der Waals surface area contributed by atoms with Crippen LogP contribution in [0.2, 0.25) is 5.02 Å². The van der Waals surface area contributed by atoms with Crippen LogP contribution in [0, 0.1) is 0 Å². The van der Waals surface area contributed by atoms with Gasteiger partial charge in [-0.25, -0.2) is 0 Å². The number of ether oxygens (including phenoxy) is 2. The Hall–Kier alpha value is -2.57. The smallest absolute Gasteiger partial charge is 0.250 e. The van der Waals surface area contributed by atoms with E-state index in [0.29, 0.717) is 36.7 Å². The lowest BCUT2D eigenvalue weighted by atomic mass is 10.2. The minimum Gasteiger partial charge on any atom is -0.494 e. The summed E-state index contributed by atoms with van der Waals surface area (Å²) in [5.74, 6) is 0.454. The zero-order valence-electron chi connectivity index (χ0n) is 15.2. The van der Waals surface area contributed by atoms with Crippen molar-refractivity contribution in [3.63, 3.8) is 0 Å². The fourth-order valence-electron chi connectivity index (χ4n) is 2.33. The molecule has 2 N–H and O–H groups in total. The van der Waals surface area contributed by atoms with Gasteiger partial charge in [0.2, 0.25) is 11.8 Å². The van der Waals surface area contributed by atoms with Gasteiger partial charge in [-0.15, -0.1) is 0 Å². The Kier molecular flexibility index (Phi) is 8.61. The third kappa shape index (κ3) is 8.11. The van der Waals surface area contributed by atoms with Crippen LogP contribution in [-0.2, 0) is 20.9 Å². The predicted molar refractivity (Wildman–Crippen MR) is 105 cm³/mol. The Morgan fingerprint density at radius 2 is 1.85 bits per heavy atom. The van der Waals surface area contributed by atoms with Crippen LogP contribution in [0.3, 0.4) is 0 Å². The monoisotopic (exact) mass is 390 g/mol. The Labute approximate surface area is 163 Å². The minimum atomic E-state index is -0.223. The first-order chi connectivity index (χ1) is 13.1. The lowest BCUT2D eigenvalue weighted by Crippen LogP contribution is -2.23. The summed E-state index contributed by atoms with van der Waals surface area (Å²) in [7, 11) is 1.46. The third-order valence-corrected chi connectivity index (χ3v) is 3.86. The van der Waals surface area contributed by atoms with Crippen molar-refractivity contribution in [3.8, 4) is 5.75 Å². The van der Waals surface area contributed by atoms with Crippen molar-refractivity contribution in [2.45, 2.75) is 19.4 Å². The quantitative estimate of drug-likeness (QED) is 0.609. The van der Waals surface area contributed by atoms with Gasteiger partial charge in [0, 0.05) is 30.8 Å². The Bertz CT molecular complexity index is 750. The summed E-state index contributed by atoms with van der Waals surface area (Å²) in [6, 6.07) is 14.4. The fraction of sp³-hybridized carbons (Fsp3) is 0.300. The number of hydrogen-bond acceptors (Lipinski definition) is 4. The SMILES string of the molecule is COCC(=O)Nc1cccc(CNC(=O)CCCOc2ccc(Cl)cc2)c1. The first kappa shape index (κ1) is 20.7. The Morgan fingerprint density at radius 1 is 1.07 bits per heavy atom. The molecule has 0 unspecified atom stereocenters. The van der Waals surface area contributed by atoms with Gasteiger partial charge in [0.1, 0.15) is 12.4 Å². The average molecular weight is 391 g/mol. The number of nitrogens with one attached hydrogen (secondary N) is 2. The van der Waals surface area contributed by atoms with Gasteiger partial charge in [-0.2, -0.15) is 0 Å². The molecule has 6 nitrogen and oxygen atoms in total. The molecule has 0 radical (unpaired) electrons. The summed E-state index contributed by atoms with van der Waals surface area (Å²) in [5.41, 5.74) is 1.57. The molecule has 0 fully saturated rings. The number of anilines is 1. The molecule has 0 saturated carbocycles.